The van der Waals surface area contributed by atoms with Crippen molar-refractivity contribution < 1.29 is 9.59 Å². The third-order valence-electron chi connectivity index (χ3n) is 3.18. The Morgan fingerprint density at radius 3 is 3.16 bits per heavy atom. The van der Waals surface area contributed by atoms with Crippen LogP contribution in [0.15, 0.2) is 16.8 Å². The van der Waals surface area contributed by atoms with Crippen molar-refractivity contribution in [1.29, 1.82) is 0 Å². The van der Waals surface area contributed by atoms with Crippen LogP contribution in [0.1, 0.15) is 24.8 Å². The van der Waals surface area contributed by atoms with E-state index >= 15 is 0 Å². The maximum absolute atomic E-state index is 12.0. The highest BCUT2D eigenvalue weighted by molar-refractivity contribution is 7.07. The molecule has 104 valence electrons. The van der Waals surface area contributed by atoms with Crippen LogP contribution in [-0.4, -0.2) is 36.5 Å². The molecular weight excluding hydrogens is 262 g/mol. The van der Waals surface area contributed by atoms with Crippen molar-refractivity contribution in [2.24, 2.45) is 0 Å². The van der Waals surface area contributed by atoms with Crippen molar-refractivity contribution in [2.45, 2.75) is 31.8 Å². The van der Waals surface area contributed by atoms with Gasteiger partial charge in [-0.15, -0.1) is 0 Å². The van der Waals surface area contributed by atoms with Crippen LogP contribution < -0.4 is 10.6 Å². The number of thiophene rings is 1. The summed E-state index contributed by atoms with van der Waals surface area (Å²) in [6, 6.07) is 1.39. The van der Waals surface area contributed by atoms with Gasteiger partial charge in [0.15, 0.2) is 0 Å². The molecule has 1 fully saturated rings. The van der Waals surface area contributed by atoms with Crippen LogP contribution >= 0.6 is 11.3 Å². The average molecular weight is 281 g/mol. The van der Waals surface area contributed by atoms with Crippen LogP contribution in [0.25, 0.3) is 0 Å². The summed E-state index contributed by atoms with van der Waals surface area (Å²) in [6.07, 6.45) is 2.64. The largest absolute Gasteiger partial charge is 0.354 e. The van der Waals surface area contributed by atoms with Gasteiger partial charge in [-0.3, -0.25) is 4.79 Å². The predicted octanol–water partition coefficient (Wildman–Crippen LogP) is 1.56. The summed E-state index contributed by atoms with van der Waals surface area (Å²) in [4.78, 5) is 25.4. The van der Waals surface area contributed by atoms with Gasteiger partial charge in [-0.05, 0) is 41.7 Å². The Balaban J connectivity index is 1.86. The monoisotopic (exact) mass is 281 g/mol. The highest BCUT2D eigenvalue weighted by Gasteiger charge is 2.23. The Bertz CT molecular complexity index is 433. The van der Waals surface area contributed by atoms with Crippen molar-refractivity contribution in [2.75, 3.05) is 13.6 Å². The molecule has 1 aliphatic heterocycles. The molecule has 2 heterocycles. The van der Waals surface area contributed by atoms with E-state index in [-0.39, 0.29) is 11.9 Å². The highest BCUT2D eigenvalue weighted by Crippen LogP contribution is 2.09. The summed E-state index contributed by atoms with van der Waals surface area (Å²) in [5.74, 6) is -0.0743. The molecule has 0 spiro atoms. The normalized spacial score (nSPS) is 19.4. The van der Waals surface area contributed by atoms with Crippen molar-refractivity contribution in [1.82, 2.24) is 15.5 Å². The minimum absolute atomic E-state index is 0.0743. The third kappa shape index (κ3) is 3.96. The number of hydrogen-bond donors (Lipinski definition) is 2. The van der Waals surface area contributed by atoms with Crippen LogP contribution in [0, 0.1) is 0 Å². The van der Waals surface area contributed by atoms with E-state index in [9.17, 15) is 9.59 Å². The van der Waals surface area contributed by atoms with Gasteiger partial charge in [-0.2, -0.15) is 11.3 Å². The number of carbonyl (C=O) groups is 2. The molecule has 0 aliphatic carbocycles. The first-order valence-electron chi connectivity index (χ1n) is 6.47. The predicted molar refractivity (Wildman–Crippen MR) is 75.0 cm³/mol. The molecule has 6 heteroatoms. The maximum atomic E-state index is 12.0. The van der Waals surface area contributed by atoms with E-state index in [1.165, 1.54) is 0 Å². The first-order valence-corrected chi connectivity index (χ1v) is 7.41. The lowest BCUT2D eigenvalue weighted by molar-refractivity contribution is -0.122. The number of carbonyl (C=O) groups excluding carboxylic acids is 2. The number of nitrogens with one attached hydrogen (secondary N) is 2. The van der Waals surface area contributed by atoms with E-state index in [0.29, 0.717) is 19.5 Å². The maximum Gasteiger partial charge on any atom is 0.318 e. The molecule has 1 aliphatic rings. The Morgan fingerprint density at radius 1 is 1.58 bits per heavy atom. The summed E-state index contributed by atoms with van der Waals surface area (Å²) < 4.78 is 0. The van der Waals surface area contributed by atoms with Gasteiger partial charge in [0.2, 0.25) is 5.91 Å². The Labute approximate surface area is 117 Å². The van der Waals surface area contributed by atoms with Crippen LogP contribution in [0.2, 0.25) is 0 Å². The highest BCUT2D eigenvalue weighted by atomic mass is 32.1. The molecule has 2 N–H and O–H groups in total. The minimum Gasteiger partial charge on any atom is -0.354 e. The van der Waals surface area contributed by atoms with Gasteiger partial charge < -0.3 is 15.5 Å². The molecule has 1 saturated heterocycles. The topological polar surface area (TPSA) is 61.4 Å². The third-order valence-corrected chi connectivity index (χ3v) is 3.91. The number of nitrogens with zero attached hydrogens (tertiary/aromatic N) is 1. The van der Waals surface area contributed by atoms with Crippen LogP contribution in [0.4, 0.5) is 4.79 Å². The molecule has 1 aromatic rings. The lowest BCUT2D eigenvalue weighted by Gasteiger charge is -2.21. The summed E-state index contributed by atoms with van der Waals surface area (Å²) in [5, 5.41) is 9.62. The Hall–Kier alpha value is -1.56. The molecule has 0 aromatic carbocycles. The summed E-state index contributed by atoms with van der Waals surface area (Å²) >= 11 is 1.61. The van der Waals surface area contributed by atoms with E-state index in [2.05, 4.69) is 10.6 Å². The van der Waals surface area contributed by atoms with E-state index < -0.39 is 6.04 Å². The Morgan fingerprint density at radius 2 is 2.42 bits per heavy atom. The van der Waals surface area contributed by atoms with Gasteiger partial charge in [-0.1, -0.05) is 0 Å². The fraction of sp³-hybridized carbons (Fsp3) is 0.538. The van der Waals surface area contributed by atoms with Crippen molar-refractivity contribution >= 4 is 23.3 Å². The van der Waals surface area contributed by atoms with E-state index in [0.717, 1.165) is 18.4 Å². The molecule has 2 rings (SSSR count). The van der Waals surface area contributed by atoms with Crippen molar-refractivity contribution in [3.05, 3.63) is 22.4 Å². The lowest BCUT2D eigenvalue weighted by atomic mass is 10.1. The van der Waals surface area contributed by atoms with Gasteiger partial charge in [-0.25, -0.2) is 4.79 Å². The molecule has 0 bridgehead atoms. The molecule has 1 atom stereocenters. The summed E-state index contributed by atoms with van der Waals surface area (Å²) in [7, 11) is 1.74. The van der Waals surface area contributed by atoms with Crippen LogP contribution in [-0.2, 0) is 11.3 Å². The fourth-order valence-corrected chi connectivity index (χ4v) is 2.72. The zero-order valence-electron chi connectivity index (χ0n) is 11.0. The number of urea groups is 1. The van der Waals surface area contributed by atoms with Gasteiger partial charge in [0.25, 0.3) is 0 Å². The summed E-state index contributed by atoms with van der Waals surface area (Å²) in [6.45, 7) is 1.26. The number of rotatable bonds is 3. The quantitative estimate of drug-likeness (QED) is 0.883. The average Bonchev–Trinajstić information content (AvgIpc) is 2.81. The van der Waals surface area contributed by atoms with Gasteiger partial charge in [0.05, 0.1) is 0 Å². The molecule has 3 amide bonds. The minimum atomic E-state index is -0.403. The van der Waals surface area contributed by atoms with Crippen LogP contribution in [0.5, 0.6) is 0 Å². The van der Waals surface area contributed by atoms with Crippen LogP contribution in [0.3, 0.4) is 0 Å². The summed E-state index contributed by atoms with van der Waals surface area (Å²) in [5.41, 5.74) is 1.10. The number of hydrogen-bond acceptors (Lipinski definition) is 3. The second kappa shape index (κ2) is 6.56. The molecular formula is C13H19N3O2S. The molecule has 0 saturated carbocycles. The Kier molecular flexibility index (Phi) is 4.79. The smallest absolute Gasteiger partial charge is 0.318 e. The van der Waals surface area contributed by atoms with Crippen molar-refractivity contribution in [3.8, 4) is 0 Å². The second-order valence-electron chi connectivity index (χ2n) is 4.78. The standard InChI is InChI=1S/C13H19N3O2S/c1-16(8-10-5-7-19-9-10)13(18)15-11-4-2-3-6-14-12(11)17/h5,7,9,11H,2-4,6,8H2,1H3,(H,14,17)(H,15,18). The fourth-order valence-electron chi connectivity index (χ4n) is 2.06. The van der Waals surface area contributed by atoms with Gasteiger partial charge in [0.1, 0.15) is 6.04 Å². The van der Waals surface area contributed by atoms with E-state index in [4.69, 9.17) is 0 Å². The molecule has 0 radical (unpaired) electrons. The van der Waals surface area contributed by atoms with E-state index in [1.807, 2.05) is 16.8 Å². The van der Waals surface area contributed by atoms with Gasteiger partial charge in [0, 0.05) is 20.1 Å². The zero-order valence-corrected chi connectivity index (χ0v) is 11.8. The first kappa shape index (κ1) is 13.9. The first-order chi connectivity index (χ1) is 9.16. The molecule has 1 unspecified atom stereocenters. The second-order valence-corrected chi connectivity index (χ2v) is 5.56. The van der Waals surface area contributed by atoms with E-state index in [1.54, 1.807) is 23.3 Å². The number of amides is 3. The lowest BCUT2D eigenvalue weighted by Crippen LogP contribution is -2.49. The molecule has 1 aromatic heterocycles. The molecule has 5 nitrogen and oxygen atoms in total. The van der Waals surface area contributed by atoms with Gasteiger partial charge >= 0.3 is 6.03 Å². The molecule has 19 heavy (non-hydrogen) atoms. The van der Waals surface area contributed by atoms with Crippen molar-refractivity contribution in [3.63, 3.8) is 0 Å². The SMILES string of the molecule is CN(Cc1ccsc1)C(=O)NC1CCCCNC1=O. The zero-order chi connectivity index (χ0) is 13.7.